The lowest BCUT2D eigenvalue weighted by Gasteiger charge is -2.05. The number of fused-ring (bicyclic) bond motifs is 1. The van der Waals surface area contributed by atoms with E-state index in [4.69, 9.17) is 0 Å². The van der Waals surface area contributed by atoms with Crippen LogP contribution in [0.5, 0.6) is 0 Å². The first-order valence-electron chi connectivity index (χ1n) is 5.36. The van der Waals surface area contributed by atoms with E-state index >= 15 is 0 Å². The minimum absolute atomic E-state index is 0.673. The monoisotopic (exact) mass is 225 g/mol. The van der Waals surface area contributed by atoms with Crippen molar-refractivity contribution in [1.82, 2.24) is 20.2 Å². The molecule has 2 N–H and O–H groups in total. The molecule has 0 fully saturated rings. The predicted octanol–water partition coefficient (Wildman–Crippen LogP) is 1.96. The van der Waals surface area contributed by atoms with Gasteiger partial charge in [-0.1, -0.05) is 6.07 Å². The van der Waals surface area contributed by atoms with E-state index in [1.54, 1.807) is 18.6 Å². The van der Waals surface area contributed by atoms with Crippen LogP contribution in [0.15, 0.2) is 42.9 Å². The van der Waals surface area contributed by atoms with E-state index < -0.39 is 0 Å². The van der Waals surface area contributed by atoms with Crippen molar-refractivity contribution in [2.24, 2.45) is 0 Å². The molecule has 0 aliphatic heterocycles. The Morgan fingerprint density at radius 3 is 3.00 bits per heavy atom. The second kappa shape index (κ2) is 4.21. The predicted molar refractivity (Wildman–Crippen MR) is 65.5 cm³/mol. The second-order valence-electron chi connectivity index (χ2n) is 3.65. The number of nitrogens with one attached hydrogen (secondary N) is 2. The number of pyridine rings is 2. The maximum atomic E-state index is 4.26. The van der Waals surface area contributed by atoms with E-state index in [1.807, 2.05) is 24.3 Å². The fourth-order valence-electron chi connectivity index (χ4n) is 1.68. The summed E-state index contributed by atoms with van der Waals surface area (Å²) in [6.07, 6.45) is 5.33. The summed E-state index contributed by atoms with van der Waals surface area (Å²) in [6.45, 7) is 0.673. The fourth-order valence-corrected chi connectivity index (χ4v) is 1.68. The molecule has 0 atom stereocenters. The molecule has 0 amide bonds. The second-order valence-corrected chi connectivity index (χ2v) is 3.65. The first kappa shape index (κ1) is 9.77. The molecule has 3 aromatic rings. The van der Waals surface area contributed by atoms with E-state index in [-0.39, 0.29) is 0 Å². The van der Waals surface area contributed by atoms with Gasteiger partial charge in [0.15, 0.2) is 0 Å². The minimum Gasteiger partial charge on any atom is -0.377 e. The molecule has 0 saturated heterocycles. The smallest absolute Gasteiger partial charge is 0.134 e. The SMILES string of the molecule is c1ccc(CNc2ccnc3c[nH]nc23)nc1. The number of nitrogens with zero attached hydrogens (tertiary/aromatic N) is 3. The molecule has 5 nitrogen and oxygen atoms in total. The Hall–Kier alpha value is -2.43. The number of rotatable bonds is 3. The molecule has 0 aromatic carbocycles. The largest absolute Gasteiger partial charge is 0.377 e. The first-order chi connectivity index (χ1) is 8.43. The van der Waals surface area contributed by atoms with E-state index in [9.17, 15) is 0 Å². The molecule has 84 valence electrons. The van der Waals surface area contributed by atoms with E-state index in [0.29, 0.717) is 6.54 Å². The molecule has 0 spiro atoms. The molecule has 0 bridgehead atoms. The summed E-state index contributed by atoms with van der Waals surface area (Å²) in [5.74, 6) is 0. The van der Waals surface area contributed by atoms with Gasteiger partial charge < -0.3 is 5.32 Å². The Balaban J connectivity index is 1.84. The van der Waals surface area contributed by atoms with Crippen molar-refractivity contribution in [2.45, 2.75) is 6.54 Å². The van der Waals surface area contributed by atoms with Crippen LogP contribution in [-0.2, 0) is 6.54 Å². The highest BCUT2D eigenvalue weighted by atomic mass is 15.1. The van der Waals surface area contributed by atoms with Crippen molar-refractivity contribution in [2.75, 3.05) is 5.32 Å². The zero-order valence-corrected chi connectivity index (χ0v) is 9.09. The molecule has 0 aliphatic carbocycles. The van der Waals surface area contributed by atoms with Crippen LogP contribution in [0.2, 0.25) is 0 Å². The molecule has 0 unspecified atom stereocenters. The Kier molecular flexibility index (Phi) is 2.42. The Bertz CT molecular complexity index is 617. The Morgan fingerprint density at radius 1 is 1.12 bits per heavy atom. The van der Waals surface area contributed by atoms with Crippen LogP contribution >= 0.6 is 0 Å². The Morgan fingerprint density at radius 2 is 2.12 bits per heavy atom. The molecule has 17 heavy (non-hydrogen) atoms. The van der Waals surface area contributed by atoms with Crippen molar-refractivity contribution >= 4 is 16.7 Å². The van der Waals surface area contributed by atoms with E-state index in [0.717, 1.165) is 22.4 Å². The van der Waals surface area contributed by atoms with Crippen molar-refractivity contribution < 1.29 is 0 Å². The van der Waals surface area contributed by atoms with Crippen molar-refractivity contribution in [3.63, 3.8) is 0 Å². The highest BCUT2D eigenvalue weighted by Crippen LogP contribution is 2.18. The lowest BCUT2D eigenvalue weighted by atomic mass is 10.3. The summed E-state index contributed by atoms with van der Waals surface area (Å²) in [5, 5.41) is 10.3. The van der Waals surface area contributed by atoms with Gasteiger partial charge in [-0.15, -0.1) is 0 Å². The number of hydrogen-bond donors (Lipinski definition) is 2. The third-order valence-electron chi connectivity index (χ3n) is 2.52. The topological polar surface area (TPSA) is 66.5 Å². The quantitative estimate of drug-likeness (QED) is 0.715. The zero-order chi connectivity index (χ0) is 11.5. The molecular formula is C12H11N5. The molecule has 3 heterocycles. The van der Waals surface area contributed by atoms with Crippen molar-refractivity contribution in [3.05, 3.63) is 48.5 Å². The lowest BCUT2D eigenvalue weighted by molar-refractivity contribution is 1.04. The number of aromatic amines is 1. The van der Waals surface area contributed by atoms with Gasteiger partial charge in [0.2, 0.25) is 0 Å². The summed E-state index contributed by atoms with van der Waals surface area (Å²) in [5.41, 5.74) is 3.66. The normalized spacial score (nSPS) is 10.6. The van der Waals surface area contributed by atoms with Gasteiger partial charge in [-0.25, -0.2) is 0 Å². The van der Waals surface area contributed by atoms with Crippen molar-refractivity contribution in [3.8, 4) is 0 Å². The molecule has 5 heteroatoms. The van der Waals surface area contributed by atoms with Crippen LogP contribution in [-0.4, -0.2) is 20.2 Å². The van der Waals surface area contributed by atoms with Crippen LogP contribution in [0.25, 0.3) is 11.0 Å². The zero-order valence-electron chi connectivity index (χ0n) is 9.09. The van der Waals surface area contributed by atoms with E-state index in [2.05, 4.69) is 25.5 Å². The van der Waals surface area contributed by atoms with Crippen LogP contribution in [0.1, 0.15) is 5.69 Å². The summed E-state index contributed by atoms with van der Waals surface area (Å²) in [6, 6.07) is 7.77. The molecular weight excluding hydrogens is 214 g/mol. The lowest BCUT2D eigenvalue weighted by Crippen LogP contribution is -2.01. The van der Waals surface area contributed by atoms with Gasteiger partial charge in [0, 0.05) is 18.6 Å². The molecule has 0 saturated carbocycles. The highest BCUT2D eigenvalue weighted by molar-refractivity contribution is 5.86. The minimum atomic E-state index is 0.673. The molecule has 3 rings (SSSR count). The average molecular weight is 225 g/mol. The van der Waals surface area contributed by atoms with Crippen LogP contribution < -0.4 is 5.32 Å². The van der Waals surface area contributed by atoms with Crippen molar-refractivity contribution in [1.29, 1.82) is 0 Å². The van der Waals surface area contributed by atoms with Crippen LogP contribution in [0.4, 0.5) is 5.69 Å². The third-order valence-corrected chi connectivity index (χ3v) is 2.52. The summed E-state index contributed by atoms with van der Waals surface area (Å²) in [7, 11) is 0. The maximum Gasteiger partial charge on any atom is 0.134 e. The average Bonchev–Trinajstić information content (AvgIpc) is 2.86. The van der Waals surface area contributed by atoms with Crippen LogP contribution in [0.3, 0.4) is 0 Å². The summed E-state index contributed by atoms with van der Waals surface area (Å²) >= 11 is 0. The number of anilines is 1. The van der Waals surface area contributed by atoms with Gasteiger partial charge >= 0.3 is 0 Å². The van der Waals surface area contributed by atoms with Gasteiger partial charge in [0.05, 0.1) is 17.9 Å². The van der Waals surface area contributed by atoms with Gasteiger partial charge in [-0.2, -0.15) is 5.10 Å². The maximum absolute atomic E-state index is 4.26. The first-order valence-corrected chi connectivity index (χ1v) is 5.36. The van der Waals surface area contributed by atoms with E-state index in [1.165, 1.54) is 0 Å². The molecule has 3 aromatic heterocycles. The number of H-pyrrole nitrogens is 1. The van der Waals surface area contributed by atoms with Gasteiger partial charge in [-0.05, 0) is 18.2 Å². The summed E-state index contributed by atoms with van der Waals surface area (Å²) in [4.78, 5) is 8.46. The standard InChI is InChI=1S/C12H11N5/c1-2-5-13-9(3-1)7-15-10-4-6-14-11-8-16-17-12(10)11/h1-6,8H,7H2,(H,14,15)(H,16,17). The summed E-state index contributed by atoms with van der Waals surface area (Å²) < 4.78 is 0. The molecule has 0 aliphatic rings. The van der Waals surface area contributed by atoms with Crippen LogP contribution in [0, 0.1) is 0 Å². The number of hydrogen-bond acceptors (Lipinski definition) is 4. The van der Waals surface area contributed by atoms with Gasteiger partial charge in [0.1, 0.15) is 11.0 Å². The number of aromatic nitrogens is 4. The molecule has 0 radical (unpaired) electrons. The van der Waals surface area contributed by atoms with Gasteiger partial charge in [-0.3, -0.25) is 15.1 Å². The highest BCUT2D eigenvalue weighted by Gasteiger charge is 2.03. The van der Waals surface area contributed by atoms with Gasteiger partial charge in [0.25, 0.3) is 0 Å². The third kappa shape index (κ3) is 1.94. The fraction of sp³-hybridized carbons (Fsp3) is 0.0833. The Labute approximate surface area is 97.9 Å².